The summed E-state index contributed by atoms with van der Waals surface area (Å²) in [5.41, 5.74) is 1.81. The van der Waals surface area contributed by atoms with Crippen molar-refractivity contribution in [2.45, 2.75) is 19.2 Å². The summed E-state index contributed by atoms with van der Waals surface area (Å²) in [4.78, 5) is 10.9. The van der Waals surface area contributed by atoms with Crippen molar-refractivity contribution >= 4 is 27.3 Å². The summed E-state index contributed by atoms with van der Waals surface area (Å²) in [5.74, 6) is -0.187. The molecule has 0 saturated heterocycles. The normalized spacial score (nSPS) is 11.1. The summed E-state index contributed by atoms with van der Waals surface area (Å²) < 4.78 is 0. The van der Waals surface area contributed by atoms with E-state index >= 15 is 0 Å². The summed E-state index contributed by atoms with van der Waals surface area (Å²) in [5, 5.41) is 10.1. The molecule has 5 heteroatoms. The van der Waals surface area contributed by atoms with Crippen molar-refractivity contribution in [3.63, 3.8) is 0 Å². The Morgan fingerprint density at radius 3 is 2.53 bits per heavy atom. The monoisotopic (exact) mass is 199 g/mol. The lowest BCUT2D eigenvalue weighted by atomic mass is 9.61. The van der Waals surface area contributed by atoms with E-state index in [-0.39, 0.29) is 5.91 Å². The molecule has 1 aromatic rings. The molecule has 0 spiro atoms. The third-order valence-corrected chi connectivity index (χ3v) is 2.01. The molecule has 0 unspecified atom stereocenters. The van der Waals surface area contributed by atoms with E-state index in [1.165, 1.54) is 6.92 Å². The molecular weight excluding hydrogens is 188 g/mol. The fourth-order valence-corrected chi connectivity index (χ4v) is 1.20. The first-order valence-electron chi connectivity index (χ1n) is 4.49. The number of rotatable bonds is 2. The standard InChI is InChI=1S/C10H11B2NO2/c1-6-3-4-8(10(11,12)15)5-9(6)13-7(2)14/h3-5,15H,1-2H3,(H,13,14). The lowest BCUT2D eigenvalue weighted by Crippen LogP contribution is -2.26. The molecule has 0 heterocycles. The van der Waals surface area contributed by atoms with Crippen LogP contribution in [0.4, 0.5) is 5.69 Å². The average Bonchev–Trinajstić information content (AvgIpc) is 2.06. The van der Waals surface area contributed by atoms with Gasteiger partial charge in [0, 0.05) is 18.0 Å². The minimum Gasteiger partial charge on any atom is -0.405 e. The summed E-state index contributed by atoms with van der Waals surface area (Å²) >= 11 is 0. The lowest BCUT2D eigenvalue weighted by molar-refractivity contribution is -0.114. The first-order valence-corrected chi connectivity index (χ1v) is 4.49. The SMILES string of the molecule is [B]C([B])(O)c1ccc(C)c(NC(C)=O)c1. The molecule has 4 radical (unpaired) electrons. The Morgan fingerprint density at radius 2 is 2.07 bits per heavy atom. The number of nitrogens with one attached hydrogen (secondary N) is 1. The zero-order valence-electron chi connectivity index (χ0n) is 8.74. The van der Waals surface area contributed by atoms with Crippen molar-refractivity contribution in [3.05, 3.63) is 29.3 Å². The summed E-state index contributed by atoms with van der Waals surface area (Å²) in [6, 6.07) is 4.89. The van der Waals surface area contributed by atoms with E-state index in [0.29, 0.717) is 11.3 Å². The van der Waals surface area contributed by atoms with Gasteiger partial charge in [-0.2, -0.15) is 0 Å². The molecule has 3 nitrogen and oxygen atoms in total. The molecule has 0 fully saturated rings. The van der Waals surface area contributed by atoms with E-state index in [0.717, 1.165) is 5.56 Å². The zero-order valence-corrected chi connectivity index (χ0v) is 8.74. The van der Waals surface area contributed by atoms with E-state index in [1.54, 1.807) is 18.2 Å². The average molecular weight is 199 g/mol. The molecule has 2 N–H and O–H groups in total. The van der Waals surface area contributed by atoms with E-state index in [4.69, 9.17) is 15.7 Å². The number of aryl methyl sites for hydroxylation is 1. The lowest BCUT2D eigenvalue weighted by Gasteiger charge is -2.20. The van der Waals surface area contributed by atoms with Crippen molar-refractivity contribution in [1.29, 1.82) is 0 Å². The maximum Gasteiger partial charge on any atom is 0.221 e. The number of carbonyl (C=O) groups excluding carboxylic acids is 1. The van der Waals surface area contributed by atoms with Gasteiger partial charge in [-0.15, -0.1) is 0 Å². The maximum absolute atomic E-state index is 10.9. The molecule has 1 amide bonds. The van der Waals surface area contributed by atoms with Crippen molar-refractivity contribution in [2.24, 2.45) is 0 Å². The molecular formula is C10H11B2NO2. The predicted molar refractivity (Wildman–Crippen MR) is 60.9 cm³/mol. The number of anilines is 1. The van der Waals surface area contributed by atoms with E-state index in [1.807, 2.05) is 6.92 Å². The highest BCUT2D eigenvalue weighted by Gasteiger charge is 2.15. The van der Waals surface area contributed by atoms with Crippen LogP contribution in [0.25, 0.3) is 0 Å². The van der Waals surface area contributed by atoms with Gasteiger partial charge in [-0.3, -0.25) is 4.79 Å². The highest BCUT2D eigenvalue weighted by molar-refractivity contribution is 6.38. The summed E-state index contributed by atoms with van der Waals surface area (Å²) in [7, 11) is 10.7. The summed E-state index contributed by atoms with van der Waals surface area (Å²) in [6.45, 7) is 3.24. The van der Waals surface area contributed by atoms with Gasteiger partial charge >= 0.3 is 0 Å². The smallest absolute Gasteiger partial charge is 0.221 e. The Labute approximate surface area is 91.7 Å². The Hall–Kier alpha value is -1.22. The number of amides is 1. The van der Waals surface area contributed by atoms with Crippen LogP contribution in [-0.2, 0) is 10.2 Å². The number of carbonyl (C=O) groups is 1. The van der Waals surface area contributed by atoms with Crippen LogP contribution in [0.3, 0.4) is 0 Å². The molecule has 0 aliphatic carbocycles. The van der Waals surface area contributed by atoms with Crippen LogP contribution >= 0.6 is 0 Å². The maximum atomic E-state index is 10.9. The molecule has 15 heavy (non-hydrogen) atoms. The van der Waals surface area contributed by atoms with E-state index < -0.39 is 5.40 Å². The van der Waals surface area contributed by atoms with Crippen LogP contribution in [0, 0.1) is 6.92 Å². The number of hydrogen-bond donors (Lipinski definition) is 2. The van der Waals surface area contributed by atoms with Crippen LogP contribution in [-0.4, -0.2) is 26.7 Å². The Bertz CT molecular complexity index is 385. The second-order valence-electron chi connectivity index (χ2n) is 3.54. The molecule has 0 bridgehead atoms. The first kappa shape index (κ1) is 11.9. The minimum atomic E-state index is -1.89. The van der Waals surface area contributed by atoms with Crippen LogP contribution < -0.4 is 5.32 Å². The molecule has 0 atom stereocenters. The van der Waals surface area contributed by atoms with Crippen molar-refractivity contribution in [2.75, 3.05) is 5.32 Å². The van der Waals surface area contributed by atoms with Gasteiger partial charge < -0.3 is 10.4 Å². The van der Waals surface area contributed by atoms with Crippen LogP contribution in [0.5, 0.6) is 0 Å². The third-order valence-electron chi connectivity index (χ3n) is 2.01. The van der Waals surface area contributed by atoms with Crippen molar-refractivity contribution < 1.29 is 9.90 Å². The van der Waals surface area contributed by atoms with Crippen molar-refractivity contribution in [3.8, 4) is 0 Å². The summed E-state index contributed by atoms with van der Waals surface area (Å²) in [6.07, 6.45) is 0. The predicted octanol–water partition coefficient (Wildman–Crippen LogP) is 0.393. The van der Waals surface area contributed by atoms with Gasteiger partial charge in [-0.1, -0.05) is 12.1 Å². The Kier molecular flexibility index (Phi) is 3.25. The Balaban J connectivity index is 3.11. The number of aliphatic hydroxyl groups is 1. The zero-order chi connectivity index (χ0) is 11.6. The van der Waals surface area contributed by atoms with Gasteiger partial charge in [0.2, 0.25) is 5.91 Å². The van der Waals surface area contributed by atoms with Crippen molar-refractivity contribution in [1.82, 2.24) is 0 Å². The molecule has 1 aromatic carbocycles. The van der Waals surface area contributed by atoms with Crippen LogP contribution in [0.2, 0.25) is 0 Å². The fraction of sp³-hybridized carbons (Fsp3) is 0.300. The van der Waals surface area contributed by atoms with Crippen LogP contribution in [0.1, 0.15) is 18.1 Å². The number of benzene rings is 1. The molecule has 0 aliphatic rings. The highest BCUT2D eigenvalue weighted by atomic mass is 16.3. The quantitative estimate of drug-likeness (QED) is 0.676. The molecule has 74 valence electrons. The van der Waals surface area contributed by atoms with Gasteiger partial charge in [-0.05, 0) is 24.1 Å². The fourth-order valence-electron chi connectivity index (χ4n) is 1.20. The second-order valence-corrected chi connectivity index (χ2v) is 3.54. The highest BCUT2D eigenvalue weighted by Crippen LogP contribution is 2.21. The minimum absolute atomic E-state index is 0.187. The van der Waals surface area contributed by atoms with Gasteiger partial charge in [-0.25, -0.2) is 0 Å². The topological polar surface area (TPSA) is 49.3 Å². The Morgan fingerprint density at radius 1 is 1.47 bits per heavy atom. The third kappa shape index (κ3) is 3.13. The molecule has 0 aromatic heterocycles. The number of hydrogen-bond acceptors (Lipinski definition) is 2. The van der Waals surface area contributed by atoms with E-state index in [2.05, 4.69) is 5.32 Å². The molecule has 1 rings (SSSR count). The molecule has 0 saturated carbocycles. The molecule has 0 aliphatic heterocycles. The first-order chi connectivity index (χ1) is 6.80. The van der Waals surface area contributed by atoms with Gasteiger partial charge in [0.25, 0.3) is 0 Å². The van der Waals surface area contributed by atoms with Gasteiger partial charge in [0.05, 0.1) is 0 Å². The van der Waals surface area contributed by atoms with Gasteiger partial charge in [0.1, 0.15) is 15.7 Å². The largest absolute Gasteiger partial charge is 0.405 e. The van der Waals surface area contributed by atoms with Gasteiger partial charge in [0.15, 0.2) is 0 Å². The second kappa shape index (κ2) is 4.11. The van der Waals surface area contributed by atoms with E-state index in [9.17, 15) is 9.90 Å². The van der Waals surface area contributed by atoms with Crippen LogP contribution in [0.15, 0.2) is 18.2 Å².